The highest BCUT2D eigenvalue weighted by Gasteiger charge is 2.37. The molecule has 31 heavy (non-hydrogen) atoms. The molecule has 3 rings (SSSR count). The predicted octanol–water partition coefficient (Wildman–Crippen LogP) is 2.58. The van der Waals surface area contributed by atoms with E-state index in [1.807, 2.05) is 75.3 Å². The molecule has 0 aromatic heterocycles. The van der Waals surface area contributed by atoms with Crippen LogP contribution < -0.4 is 15.1 Å². The second-order valence-corrected chi connectivity index (χ2v) is 8.07. The fourth-order valence-electron chi connectivity index (χ4n) is 3.54. The van der Waals surface area contributed by atoms with E-state index in [9.17, 15) is 14.4 Å². The molecule has 0 bridgehead atoms. The zero-order valence-electron chi connectivity index (χ0n) is 18.5. The van der Waals surface area contributed by atoms with Crippen LogP contribution in [0.4, 0.5) is 11.4 Å². The number of hydrogen-bond donors (Lipinski definition) is 1. The van der Waals surface area contributed by atoms with Crippen LogP contribution in [0.5, 0.6) is 0 Å². The lowest BCUT2D eigenvalue weighted by Crippen LogP contribution is -2.31. The summed E-state index contributed by atoms with van der Waals surface area (Å²) in [6, 6.07) is 13.6. The van der Waals surface area contributed by atoms with Gasteiger partial charge in [0.15, 0.2) is 6.61 Å². The number of hydrogen-bond acceptors (Lipinski definition) is 5. The van der Waals surface area contributed by atoms with Crippen LogP contribution in [-0.2, 0) is 25.7 Å². The molecule has 1 aliphatic rings. The number of carbonyl (C=O) groups excluding carboxylic acids is 3. The van der Waals surface area contributed by atoms with Crippen molar-refractivity contribution >= 4 is 29.2 Å². The van der Waals surface area contributed by atoms with Crippen molar-refractivity contribution in [2.75, 3.05) is 37.0 Å². The maximum Gasteiger partial charge on any atom is 0.311 e. The SMILES string of the molecule is Cc1cccc(N2C[C@@H](C(=O)OCC(=O)NCc3ccc(N(C)C)cc3)CC2=O)c1C. The molecule has 164 valence electrons. The smallest absolute Gasteiger partial charge is 0.311 e. The van der Waals surface area contributed by atoms with Gasteiger partial charge in [0, 0.05) is 45.0 Å². The van der Waals surface area contributed by atoms with Crippen molar-refractivity contribution in [1.29, 1.82) is 0 Å². The number of carbonyl (C=O) groups is 3. The van der Waals surface area contributed by atoms with Gasteiger partial charge in [0.2, 0.25) is 5.91 Å². The number of benzene rings is 2. The molecule has 1 N–H and O–H groups in total. The molecule has 1 atom stereocenters. The zero-order valence-corrected chi connectivity index (χ0v) is 18.5. The zero-order chi connectivity index (χ0) is 22.5. The Kier molecular flexibility index (Phi) is 6.95. The standard InChI is InChI=1S/C24H29N3O4/c1-16-6-5-7-21(17(16)2)27-14-19(12-23(27)29)24(30)31-15-22(28)25-13-18-8-10-20(11-9-18)26(3)4/h5-11,19H,12-15H2,1-4H3,(H,25,28)/t19-/m0/s1. The molecule has 0 saturated carbocycles. The van der Waals surface area contributed by atoms with Crippen LogP contribution >= 0.6 is 0 Å². The van der Waals surface area contributed by atoms with Gasteiger partial charge < -0.3 is 19.9 Å². The maximum atomic E-state index is 12.5. The number of rotatable bonds is 7. The van der Waals surface area contributed by atoms with Crippen molar-refractivity contribution in [1.82, 2.24) is 5.32 Å². The van der Waals surface area contributed by atoms with Crippen LogP contribution in [-0.4, -0.2) is 45.0 Å². The Hall–Kier alpha value is -3.35. The normalized spacial score (nSPS) is 15.7. The number of nitrogens with one attached hydrogen (secondary N) is 1. The Labute approximate surface area is 183 Å². The summed E-state index contributed by atoms with van der Waals surface area (Å²) in [5, 5.41) is 2.74. The van der Waals surface area contributed by atoms with Gasteiger partial charge in [-0.3, -0.25) is 14.4 Å². The van der Waals surface area contributed by atoms with Gasteiger partial charge in [-0.15, -0.1) is 0 Å². The van der Waals surface area contributed by atoms with Gasteiger partial charge in [0.25, 0.3) is 5.91 Å². The van der Waals surface area contributed by atoms with Crippen LogP contribution in [0.15, 0.2) is 42.5 Å². The molecule has 2 amide bonds. The van der Waals surface area contributed by atoms with Crippen molar-refractivity contribution in [2.45, 2.75) is 26.8 Å². The average molecular weight is 424 g/mol. The Morgan fingerprint density at radius 3 is 2.52 bits per heavy atom. The summed E-state index contributed by atoms with van der Waals surface area (Å²) >= 11 is 0. The van der Waals surface area contributed by atoms with Crippen LogP contribution in [0.3, 0.4) is 0 Å². The second-order valence-electron chi connectivity index (χ2n) is 8.07. The van der Waals surface area contributed by atoms with Crippen molar-refractivity contribution < 1.29 is 19.1 Å². The van der Waals surface area contributed by atoms with E-state index in [2.05, 4.69) is 5.32 Å². The van der Waals surface area contributed by atoms with Crippen LogP contribution in [0.1, 0.15) is 23.1 Å². The van der Waals surface area contributed by atoms with Gasteiger partial charge in [0.1, 0.15) is 0 Å². The molecule has 1 heterocycles. The third kappa shape index (κ3) is 5.42. The number of anilines is 2. The summed E-state index contributed by atoms with van der Waals surface area (Å²) in [5.74, 6) is -1.58. The summed E-state index contributed by atoms with van der Waals surface area (Å²) in [5.41, 5.74) is 4.95. The van der Waals surface area contributed by atoms with Gasteiger partial charge in [0.05, 0.1) is 5.92 Å². The molecule has 2 aromatic rings. The van der Waals surface area contributed by atoms with Crippen LogP contribution in [0, 0.1) is 19.8 Å². The highest BCUT2D eigenvalue weighted by atomic mass is 16.5. The van der Waals surface area contributed by atoms with Crippen molar-refractivity contribution in [3.63, 3.8) is 0 Å². The van der Waals surface area contributed by atoms with E-state index in [-0.39, 0.29) is 31.4 Å². The van der Waals surface area contributed by atoms with E-state index in [1.165, 1.54) is 0 Å². The third-order valence-electron chi connectivity index (χ3n) is 5.61. The van der Waals surface area contributed by atoms with Crippen LogP contribution in [0.25, 0.3) is 0 Å². The first-order valence-electron chi connectivity index (χ1n) is 10.3. The molecular formula is C24H29N3O4. The Bertz CT molecular complexity index is 969. The van der Waals surface area contributed by atoms with Gasteiger partial charge in [-0.25, -0.2) is 0 Å². The predicted molar refractivity (Wildman–Crippen MR) is 120 cm³/mol. The first-order valence-corrected chi connectivity index (χ1v) is 10.3. The minimum absolute atomic E-state index is 0.0893. The highest BCUT2D eigenvalue weighted by Crippen LogP contribution is 2.29. The number of ether oxygens (including phenoxy) is 1. The molecule has 1 saturated heterocycles. The van der Waals surface area contributed by atoms with Gasteiger partial charge in [-0.05, 0) is 48.7 Å². The van der Waals surface area contributed by atoms with E-state index in [0.29, 0.717) is 6.54 Å². The Morgan fingerprint density at radius 1 is 1.13 bits per heavy atom. The third-order valence-corrected chi connectivity index (χ3v) is 5.61. The molecule has 2 aromatic carbocycles. The van der Waals surface area contributed by atoms with E-state index < -0.39 is 11.9 Å². The first kappa shape index (κ1) is 22.3. The number of amides is 2. The average Bonchev–Trinajstić information content (AvgIpc) is 3.14. The summed E-state index contributed by atoms with van der Waals surface area (Å²) < 4.78 is 5.18. The van der Waals surface area contributed by atoms with Crippen molar-refractivity contribution in [2.24, 2.45) is 5.92 Å². The van der Waals surface area contributed by atoms with Gasteiger partial charge >= 0.3 is 5.97 Å². The molecule has 7 nitrogen and oxygen atoms in total. The summed E-state index contributed by atoms with van der Waals surface area (Å²) in [6.07, 6.45) is 0.0893. The molecule has 1 fully saturated rings. The minimum atomic E-state index is -0.571. The summed E-state index contributed by atoms with van der Waals surface area (Å²) in [4.78, 5) is 40.6. The lowest BCUT2D eigenvalue weighted by atomic mass is 10.1. The molecule has 0 aliphatic carbocycles. The molecule has 0 spiro atoms. The molecule has 0 radical (unpaired) electrons. The summed E-state index contributed by atoms with van der Waals surface area (Å²) in [6.45, 7) is 4.21. The van der Waals surface area contributed by atoms with Crippen LogP contribution in [0.2, 0.25) is 0 Å². The lowest BCUT2D eigenvalue weighted by molar-refractivity contribution is -0.152. The number of nitrogens with zero attached hydrogens (tertiary/aromatic N) is 2. The van der Waals surface area contributed by atoms with E-state index in [4.69, 9.17) is 4.74 Å². The number of esters is 1. The van der Waals surface area contributed by atoms with E-state index in [0.717, 1.165) is 28.1 Å². The van der Waals surface area contributed by atoms with Crippen molar-refractivity contribution in [3.05, 3.63) is 59.2 Å². The Balaban J connectivity index is 1.47. The Morgan fingerprint density at radius 2 is 1.84 bits per heavy atom. The van der Waals surface area contributed by atoms with Gasteiger partial charge in [-0.2, -0.15) is 0 Å². The lowest BCUT2D eigenvalue weighted by Gasteiger charge is -2.20. The summed E-state index contributed by atoms with van der Waals surface area (Å²) in [7, 11) is 3.93. The fourth-order valence-corrected chi connectivity index (χ4v) is 3.54. The fraction of sp³-hybridized carbons (Fsp3) is 0.375. The maximum absolute atomic E-state index is 12.5. The van der Waals surface area contributed by atoms with Crippen molar-refractivity contribution in [3.8, 4) is 0 Å². The molecule has 1 aliphatic heterocycles. The quantitative estimate of drug-likeness (QED) is 0.693. The van der Waals surface area contributed by atoms with E-state index >= 15 is 0 Å². The number of aryl methyl sites for hydroxylation is 1. The highest BCUT2D eigenvalue weighted by molar-refractivity contribution is 6.00. The van der Waals surface area contributed by atoms with E-state index in [1.54, 1.807) is 4.90 Å². The topological polar surface area (TPSA) is 79.0 Å². The molecule has 0 unspecified atom stereocenters. The monoisotopic (exact) mass is 423 g/mol. The first-order chi connectivity index (χ1) is 14.8. The second kappa shape index (κ2) is 9.64. The van der Waals surface area contributed by atoms with Gasteiger partial charge in [-0.1, -0.05) is 24.3 Å². The molecule has 7 heteroatoms. The largest absolute Gasteiger partial charge is 0.455 e. The minimum Gasteiger partial charge on any atom is -0.455 e. The molecular weight excluding hydrogens is 394 g/mol.